The smallest absolute Gasteiger partial charge is 0.171 e. The summed E-state index contributed by atoms with van der Waals surface area (Å²) in [5.74, 6) is -0.282. The van der Waals surface area contributed by atoms with Crippen molar-refractivity contribution in [2.75, 3.05) is 13.2 Å². The molecule has 0 saturated carbocycles. The molecule has 1 aromatic rings. The standard InChI is InChI=1S/C11H12ClNO2/c12-9-4-2-1-3-7(9)11(14)8-5-15-6-10(8)13/h1-4,8,10H,5-6,13H2. The molecule has 0 aromatic heterocycles. The number of Topliss-reactive ketones (excluding diaryl/α,β-unsaturated/α-hetero) is 1. The molecule has 1 aliphatic heterocycles. The lowest BCUT2D eigenvalue weighted by atomic mass is 9.94. The van der Waals surface area contributed by atoms with Crippen molar-refractivity contribution in [2.24, 2.45) is 11.7 Å². The fourth-order valence-corrected chi connectivity index (χ4v) is 1.93. The summed E-state index contributed by atoms with van der Waals surface area (Å²) in [6.07, 6.45) is 0. The van der Waals surface area contributed by atoms with E-state index in [1.54, 1.807) is 24.3 Å². The van der Waals surface area contributed by atoms with E-state index in [4.69, 9.17) is 22.1 Å². The zero-order valence-electron chi connectivity index (χ0n) is 8.15. The molecule has 2 rings (SSSR count). The van der Waals surface area contributed by atoms with Gasteiger partial charge < -0.3 is 10.5 Å². The SMILES string of the molecule is NC1COCC1C(=O)c1ccccc1Cl. The van der Waals surface area contributed by atoms with Crippen LogP contribution in [0.1, 0.15) is 10.4 Å². The van der Waals surface area contributed by atoms with Crippen LogP contribution in [0.15, 0.2) is 24.3 Å². The number of carbonyl (C=O) groups is 1. The molecule has 0 amide bonds. The summed E-state index contributed by atoms with van der Waals surface area (Å²) in [4.78, 5) is 12.0. The third-order valence-electron chi connectivity index (χ3n) is 2.60. The van der Waals surface area contributed by atoms with Gasteiger partial charge >= 0.3 is 0 Å². The monoisotopic (exact) mass is 225 g/mol. The molecule has 1 heterocycles. The number of ether oxygens (including phenoxy) is 1. The zero-order valence-corrected chi connectivity index (χ0v) is 8.91. The maximum atomic E-state index is 12.0. The predicted octanol–water partition coefficient (Wildman–Crippen LogP) is 1.50. The van der Waals surface area contributed by atoms with Crippen molar-refractivity contribution in [1.29, 1.82) is 0 Å². The molecule has 0 bridgehead atoms. The van der Waals surface area contributed by atoms with Crippen molar-refractivity contribution in [1.82, 2.24) is 0 Å². The Bertz CT molecular complexity index is 381. The van der Waals surface area contributed by atoms with Crippen LogP contribution >= 0.6 is 11.6 Å². The second-order valence-corrected chi connectivity index (χ2v) is 4.06. The summed E-state index contributed by atoms with van der Waals surface area (Å²) in [5, 5.41) is 0.474. The Morgan fingerprint density at radius 2 is 2.13 bits per heavy atom. The molecule has 1 aliphatic rings. The Hall–Kier alpha value is -0.900. The van der Waals surface area contributed by atoms with E-state index in [1.807, 2.05) is 0 Å². The van der Waals surface area contributed by atoms with E-state index in [9.17, 15) is 4.79 Å². The van der Waals surface area contributed by atoms with Gasteiger partial charge in [-0.1, -0.05) is 23.7 Å². The van der Waals surface area contributed by atoms with Crippen LogP contribution in [0.5, 0.6) is 0 Å². The van der Waals surface area contributed by atoms with Crippen molar-refractivity contribution < 1.29 is 9.53 Å². The lowest BCUT2D eigenvalue weighted by Crippen LogP contribution is -2.34. The normalized spacial score (nSPS) is 25.5. The van der Waals surface area contributed by atoms with Crippen LogP contribution in [-0.2, 0) is 4.74 Å². The van der Waals surface area contributed by atoms with Gasteiger partial charge in [0.15, 0.2) is 5.78 Å². The topological polar surface area (TPSA) is 52.3 Å². The molecule has 1 aromatic carbocycles. The van der Waals surface area contributed by atoms with Crippen LogP contribution < -0.4 is 5.73 Å². The average Bonchev–Trinajstić information content (AvgIpc) is 2.64. The first-order valence-corrected chi connectivity index (χ1v) is 5.20. The van der Waals surface area contributed by atoms with Gasteiger partial charge in [0.05, 0.1) is 24.2 Å². The van der Waals surface area contributed by atoms with Gasteiger partial charge in [-0.15, -0.1) is 0 Å². The number of benzene rings is 1. The summed E-state index contributed by atoms with van der Waals surface area (Å²) < 4.78 is 5.16. The van der Waals surface area contributed by atoms with Crippen molar-refractivity contribution in [3.63, 3.8) is 0 Å². The van der Waals surface area contributed by atoms with Crippen LogP contribution in [0, 0.1) is 5.92 Å². The van der Waals surface area contributed by atoms with Crippen LogP contribution in [0.2, 0.25) is 5.02 Å². The molecule has 2 atom stereocenters. The largest absolute Gasteiger partial charge is 0.379 e. The quantitative estimate of drug-likeness (QED) is 0.776. The number of nitrogens with two attached hydrogens (primary N) is 1. The molecule has 80 valence electrons. The Morgan fingerprint density at radius 1 is 1.40 bits per heavy atom. The lowest BCUT2D eigenvalue weighted by molar-refractivity contribution is 0.0896. The van der Waals surface area contributed by atoms with Gasteiger partial charge in [0.25, 0.3) is 0 Å². The van der Waals surface area contributed by atoms with E-state index in [-0.39, 0.29) is 17.7 Å². The maximum absolute atomic E-state index is 12.0. The predicted molar refractivity (Wildman–Crippen MR) is 58.1 cm³/mol. The molecule has 2 unspecified atom stereocenters. The first kappa shape index (κ1) is 10.6. The molecule has 15 heavy (non-hydrogen) atoms. The van der Waals surface area contributed by atoms with E-state index in [0.29, 0.717) is 23.8 Å². The van der Waals surface area contributed by atoms with Crippen molar-refractivity contribution in [3.05, 3.63) is 34.9 Å². The van der Waals surface area contributed by atoms with Gasteiger partial charge in [0, 0.05) is 11.6 Å². The van der Waals surface area contributed by atoms with E-state index >= 15 is 0 Å². The average molecular weight is 226 g/mol. The second-order valence-electron chi connectivity index (χ2n) is 3.65. The van der Waals surface area contributed by atoms with Gasteiger partial charge in [-0.05, 0) is 12.1 Å². The van der Waals surface area contributed by atoms with E-state index < -0.39 is 0 Å². The van der Waals surface area contributed by atoms with Crippen LogP contribution in [0.25, 0.3) is 0 Å². The molecular weight excluding hydrogens is 214 g/mol. The summed E-state index contributed by atoms with van der Waals surface area (Å²) in [6, 6.07) is 6.80. The van der Waals surface area contributed by atoms with Crippen LogP contribution in [0.4, 0.5) is 0 Å². The number of hydrogen-bond acceptors (Lipinski definition) is 3. The Balaban J connectivity index is 2.24. The minimum Gasteiger partial charge on any atom is -0.379 e. The van der Waals surface area contributed by atoms with E-state index in [2.05, 4.69) is 0 Å². The Kier molecular flexibility index (Phi) is 3.05. The van der Waals surface area contributed by atoms with Crippen molar-refractivity contribution >= 4 is 17.4 Å². The molecule has 2 N–H and O–H groups in total. The van der Waals surface area contributed by atoms with Gasteiger partial charge in [-0.2, -0.15) is 0 Å². The molecular formula is C11H12ClNO2. The van der Waals surface area contributed by atoms with Gasteiger partial charge in [-0.3, -0.25) is 4.79 Å². The first-order chi connectivity index (χ1) is 7.20. The fourth-order valence-electron chi connectivity index (χ4n) is 1.70. The minimum atomic E-state index is -0.259. The molecule has 1 saturated heterocycles. The van der Waals surface area contributed by atoms with Gasteiger partial charge in [-0.25, -0.2) is 0 Å². The second kappa shape index (κ2) is 4.31. The highest BCUT2D eigenvalue weighted by Crippen LogP contribution is 2.22. The molecule has 1 fully saturated rings. The molecule has 0 spiro atoms. The number of ketones is 1. The maximum Gasteiger partial charge on any atom is 0.171 e. The molecule has 0 radical (unpaired) electrons. The summed E-state index contributed by atoms with van der Waals surface area (Å²) in [7, 11) is 0. The molecule has 4 heteroatoms. The number of rotatable bonds is 2. The fraction of sp³-hybridized carbons (Fsp3) is 0.364. The highest BCUT2D eigenvalue weighted by Gasteiger charge is 2.32. The molecule has 3 nitrogen and oxygen atoms in total. The molecule has 0 aliphatic carbocycles. The third kappa shape index (κ3) is 2.04. The van der Waals surface area contributed by atoms with Crippen LogP contribution in [-0.4, -0.2) is 25.0 Å². The van der Waals surface area contributed by atoms with E-state index in [1.165, 1.54) is 0 Å². The minimum absolute atomic E-state index is 0.0226. The summed E-state index contributed by atoms with van der Waals surface area (Å²) in [5.41, 5.74) is 6.31. The summed E-state index contributed by atoms with van der Waals surface area (Å²) >= 11 is 5.94. The van der Waals surface area contributed by atoms with E-state index in [0.717, 1.165) is 0 Å². The van der Waals surface area contributed by atoms with Crippen LogP contribution in [0.3, 0.4) is 0 Å². The van der Waals surface area contributed by atoms with Gasteiger partial charge in [0.1, 0.15) is 0 Å². The highest BCUT2D eigenvalue weighted by atomic mass is 35.5. The van der Waals surface area contributed by atoms with Crippen molar-refractivity contribution in [3.8, 4) is 0 Å². The Morgan fingerprint density at radius 3 is 2.73 bits per heavy atom. The zero-order chi connectivity index (χ0) is 10.8. The van der Waals surface area contributed by atoms with Gasteiger partial charge in [0.2, 0.25) is 0 Å². The number of halogens is 1. The summed E-state index contributed by atoms with van der Waals surface area (Å²) in [6.45, 7) is 0.839. The Labute approximate surface area is 93.2 Å². The van der Waals surface area contributed by atoms with Crippen molar-refractivity contribution in [2.45, 2.75) is 6.04 Å². The highest BCUT2D eigenvalue weighted by molar-refractivity contribution is 6.34. The lowest BCUT2D eigenvalue weighted by Gasteiger charge is -2.12. The first-order valence-electron chi connectivity index (χ1n) is 4.82. The third-order valence-corrected chi connectivity index (χ3v) is 2.93. The number of hydrogen-bond donors (Lipinski definition) is 1. The number of carbonyl (C=O) groups excluding carboxylic acids is 1.